The van der Waals surface area contributed by atoms with Gasteiger partial charge in [0.2, 0.25) is 5.91 Å². The van der Waals surface area contributed by atoms with Crippen LogP contribution >= 0.6 is 48.0 Å². The molecule has 3 aromatic rings. The zero-order valence-corrected chi connectivity index (χ0v) is 24.0. The molecule has 2 aliphatic heterocycles. The molecule has 1 fully saturated rings. The Morgan fingerprint density at radius 2 is 1.68 bits per heavy atom. The highest BCUT2D eigenvalue weighted by molar-refractivity contribution is 6.30. The van der Waals surface area contributed by atoms with Crippen LogP contribution in [0.2, 0.25) is 10.0 Å². The number of carbonyl (C=O) groups is 1. The topological polar surface area (TPSA) is 68.4 Å². The number of anilines is 1. The van der Waals surface area contributed by atoms with E-state index in [1.165, 1.54) is 11.8 Å². The minimum atomic E-state index is -0.0361. The third-order valence-electron chi connectivity index (χ3n) is 6.67. The number of hydrogen-bond donors (Lipinski definition) is 0. The van der Waals surface area contributed by atoms with Gasteiger partial charge in [0.15, 0.2) is 5.82 Å². The molecule has 0 aliphatic carbocycles. The summed E-state index contributed by atoms with van der Waals surface area (Å²) in [6.45, 7) is 6.90. The Morgan fingerprint density at radius 1 is 1.00 bits per heavy atom. The Balaban J connectivity index is 0.00000200. The number of aromatic nitrogens is 2. The van der Waals surface area contributed by atoms with Crippen LogP contribution in [0.25, 0.3) is 5.70 Å². The lowest BCUT2D eigenvalue weighted by Crippen LogP contribution is -2.50. The van der Waals surface area contributed by atoms with Crippen LogP contribution in [-0.4, -0.2) is 64.8 Å². The van der Waals surface area contributed by atoms with E-state index in [0.29, 0.717) is 29.5 Å². The molecule has 11 heteroatoms. The predicted molar refractivity (Wildman–Crippen MR) is 156 cm³/mol. The summed E-state index contributed by atoms with van der Waals surface area (Å²) in [6.07, 6.45) is 1.53. The zero-order chi connectivity index (χ0) is 25.2. The highest BCUT2D eigenvalue weighted by Gasteiger charge is 2.32. The van der Waals surface area contributed by atoms with Gasteiger partial charge in [-0.15, -0.1) is 24.8 Å². The fraction of sp³-hybridized carbons (Fsp3) is 0.296. The molecule has 7 nitrogen and oxygen atoms in total. The smallest absolute Gasteiger partial charge is 0.242 e. The Labute approximate surface area is 245 Å². The second-order valence-corrected chi connectivity index (χ2v) is 10.1. The molecule has 2 aromatic carbocycles. The zero-order valence-electron chi connectivity index (χ0n) is 20.8. The monoisotopic (exact) mass is 592 g/mol. The number of halogens is 4. The van der Waals surface area contributed by atoms with Crippen molar-refractivity contribution in [3.8, 4) is 6.07 Å². The fourth-order valence-corrected chi connectivity index (χ4v) is 5.21. The van der Waals surface area contributed by atoms with Crippen LogP contribution in [0.1, 0.15) is 23.6 Å². The van der Waals surface area contributed by atoms with Gasteiger partial charge in [-0.05, 0) is 42.3 Å². The molecule has 0 saturated carbocycles. The molecule has 0 spiro atoms. The molecule has 2 aliphatic rings. The molecule has 1 aromatic heterocycles. The number of rotatable bonds is 5. The number of carbonyl (C=O) groups excluding carboxylic acids is 1. The number of nitrogens with zero attached hydrogens (tertiary/aromatic N) is 6. The van der Waals surface area contributed by atoms with Gasteiger partial charge < -0.3 is 0 Å². The van der Waals surface area contributed by atoms with E-state index in [9.17, 15) is 10.1 Å². The molecule has 0 atom stereocenters. The first-order valence-electron chi connectivity index (χ1n) is 11.9. The lowest BCUT2D eigenvalue weighted by molar-refractivity contribution is -0.120. The second kappa shape index (κ2) is 13.0. The van der Waals surface area contributed by atoms with Gasteiger partial charge in [-0.2, -0.15) is 10.4 Å². The number of amides is 1. The summed E-state index contributed by atoms with van der Waals surface area (Å²) in [5.74, 6) is 0.490. The number of piperazine rings is 1. The van der Waals surface area contributed by atoms with Crippen molar-refractivity contribution in [2.45, 2.75) is 13.5 Å². The van der Waals surface area contributed by atoms with Gasteiger partial charge in [-0.1, -0.05) is 47.5 Å². The normalized spacial score (nSPS) is 15.8. The SMILES string of the molecule is CC1=C(c2ccc(Cl)cc2)n2ncc(C#N)c2N(C(=O)CN2CCN(Cc3cccc(Cl)c3)CC2)C1.Cl.Cl. The molecule has 1 amide bonds. The van der Waals surface area contributed by atoms with Crippen molar-refractivity contribution in [1.29, 1.82) is 5.26 Å². The summed E-state index contributed by atoms with van der Waals surface area (Å²) in [6, 6.07) is 17.7. The Kier molecular flexibility index (Phi) is 10.2. The molecule has 0 bridgehead atoms. The number of fused-ring (bicyclic) bond motifs is 1. The lowest BCUT2D eigenvalue weighted by Gasteiger charge is -2.36. The molecule has 0 radical (unpaired) electrons. The molecule has 0 N–H and O–H groups in total. The van der Waals surface area contributed by atoms with Crippen molar-refractivity contribution < 1.29 is 4.79 Å². The van der Waals surface area contributed by atoms with E-state index < -0.39 is 0 Å². The van der Waals surface area contributed by atoms with Gasteiger partial charge in [0.05, 0.1) is 25.0 Å². The van der Waals surface area contributed by atoms with Crippen LogP contribution in [0, 0.1) is 11.3 Å². The van der Waals surface area contributed by atoms with Crippen molar-refractivity contribution in [2.75, 3.05) is 44.2 Å². The number of hydrogen-bond acceptors (Lipinski definition) is 5. The van der Waals surface area contributed by atoms with Crippen LogP contribution < -0.4 is 4.90 Å². The standard InChI is InChI=1S/C27H26Cl2N6O.2ClH/c1-19-16-34(27-22(14-30)15-31-35(27)26(19)21-5-7-23(28)8-6-21)25(36)18-33-11-9-32(10-12-33)17-20-3-2-4-24(29)13-20;;/h2-8,13,15H,9-12,16-18H2,1H3;2*1H. The molecule has 200 valence electrons. The van der Waals surface area contributed by atoms with E-state index in [4.69, 9.17) is 23.2 Å². The van der Waals surface area contributed by atoms with Crippen molar-refractivity contribution >= 4 is 65.4 Å². The molecular weight excluding hydrogens is 566 g/mol. The average molecular weight is 594 g/mol. The second-order valence-electron chi connectivity index (χ2n) is 9.20. The minimum Gasteiger partial charge on any atom is -0.297 e. The molecule has 5 rings (SSSR count). The summed E-state index contributed by atoms with van der Waals surface area (Å²) in [4.78, 5) is 19.8. The van der Waals surface area contributed by atoms with E-state index in [1.54, 1.807) is 9.58 Å². The first-order chi connectivity index (χ1) is 17.4. The lowest BCUT2D eigenvalue weighted by atomic mass is 10.0. The maximum absolute atomic E-state index is 13.5. The van der Waals surface area contributed by atoms with Gasteiger partial charge in [0, 0.05) is 48.3 Å². The predicted octanol–water partition coefficient (Wildman–Crippen LogP) is 5.35. The van der Waals surface area contributed by atoms with Gasteiger partial charge in [-0.25, -0.2) is 4.68 Å². The van der Waals surface area contributed by atoms with Gasteiger partial charge in [0.25, 0.3) is 0 Å². The summed E-state index contributed by atoms with van der Waals surface area (Å²) >= 11 is 12.2. The number of benzene rings is 2. The van der Waals surface area contributed by atoms with Crippen LogP contribution in [0.5, 0.6) is 0 Å². The van der Waals surface area contributed by atoms with Crippen molar-refractivity contribution in [2.24, 2.45) is 0 Å². The third kappa shape index (κ3) is 6.35. The molecular formula is C27H28Cl4N6O. The summed E-state index contributed by atoms with van der Waals surface area (Å²) < 4.78 is 1.71. The number of nitriles is 1. The van der Waals surface area contributed by atoms with E-state index in [-0.39, 0.29) is 30.7 Å². The van der Waals surface area contributed by atoms with Gasteiger partial charge >= 0.3 is 0 Å². The van der Waals surface area contributed by atoms with Crippen LogP contribution in [0.15, 0.2) is 60.3 Å². The molecule has 1 saturated heterocycles. The molecule has 38 heavy (non-hydrogen) atoms. The summed E-state index contributed by atoms with van der Waals surface area (Å²) in [5.41, 5.74) is 4.39. The van der Waals surface area contributed by atoms with Gasteiger partial charge in [0.1, 0.15) is 11.6 Å². The Morgan fingerprint density at radius 3 is 2.34 bits per heavy atom. The van der Waals surface area contributed by atoms with Gasteiger partial charge in [-0.3, -0.25) is 19.5 Å². The Hall–Kier alpha value is -2.57. The van der Waals surface area contributed by atoms with Crippen molar-refractivity contribution in [3.63, 3.8) is 0 Å². The van der Waals surface area contributed by atoms with E-state index >= 15 is 0 Å². The maximum atomic E-state index is 13.5. The van der Waals surface area contributed by atoms with E-state index in [1.807, 2.05) is 49.4 Å². The fourth-order valence-electron chi connectivity index (χ4n) is 4.87. The third-order valence-corrected chi connectivity index (χ3v) is 7.16. The summed E-state index contributed by atoms with van der Waals surface area (Å²) in [7, 11) is 0. The highest BCUT2D eigenvalue weighted by atomic mass is 35.5. The highest BCUT2D eigenvalue weighted by Crippen LogP contribution is 2.34. The van der Waals surface area contributed by atoms with E-state index in [2.05, 4.69) is 27.0 Å². The molecule has 3 heterocycles. The largest absolute Gasteiger partial charge is 0.297 e. The quantitative estimate of drug-likeness (QED) is 0.399. The van der Waals surface area contributed by atoms with Crippen LogP contribution in [0.3, 0.4) is 0 Å². The maximum Gasteiger partial charge on any atom is 0.242 e. The van der Waals surface area contributed by atoms with E-state index in [0.717, 1.165) is 54.6 Å². The summed E-state index contributed by atoms with van der Waals surface area (Å²) in [5, 5.41) is 15.6. The van der Waals surface area contributed by atoms with Crippen molar-refractivity contribution in [3.05, 3.63) is 87.0 Å². The van der Waals surface area contributed by atoms with Crippen LogP contribution in [-0.2, 0) is 11.3 Å². The minimum absolute atomic E-state index is 0. The first kappa shape index (κ1) is 30.0. The first-order valence-corrected chi connectivity index (χ1v) is 12.6. The van der Waals surface area contributed by atoms with Crippen LogP contribution in [0.4, 0.5) is 5.82 Å². The average Bonchev–Trinajstić information content (AvgIpc) is 3.29. The van der Waals surface area contributed by atoms with Crippen molar-refractivity contribution in [1.82, 2.24) is 19.6 Å². The Bertz CT molecular complexity index is 1360. The molecule has 0 unspecified atom stereocenters.